The van der Waals surface area contributed by atoms with Gasteiger partial charge in [-0.1, -0.05) is 13.3 Å². The second kappa shape index (κ2) is 6.53. The summed E-state index contributed by atoms with van der Waals surface area (Å²) < 4.78 is 0. The van der Waals surface area contributed by atoms with Crippen LogP contribution in [-0.2, 0) is 4.79 Å². The largest absolute Gasteiger partial charge is 0.353 e. The molecule has 2 aliphatic rings. The zero-order valence-electron chi connectivity index (χ0n) is 11.7. The first-order valence-corrected chi connectivity index (χ1v) is 7.42. The third-order valence-electron chi connectivity index (χ3n) is 4.48. The number of piperidine rings is 2. The van der Waals surface area contributed by atoms with E-state index in [1.54, 1.807) is 0 Å². The second-order valence-electron chi connectivity index (χ2n) is 5.74. The molecule has 2 saturated heterocycles. The third-order valence-corrected chi connectivity index (χ3v) is 4.48. The van der Waals surface area contributed by atoms with Gasteiger partial charge in [0.2, 0.25) is 5.91 Å². The first-order chi connectivity index (χ1) is 8.70. The zero-order chi connectivity index (χ0) is 13.0. The molecular weight excluding hydrogens is 226 g/mol. The van der Waals surface area contributed by atoms with Crippen molar-refractivity contribution in [3.8, 4) is 0 Å². The number of carbonyl (C=O) groups is 1. The van der Waals surface area contributed by atoms with Gasteiger partial charge >= 0.3 is 0 Å². The van der Waals surface area contributed by atoms with Crippen molar-refractivity contribution < 1.29 is 4.79 Å². The Morgan fingerprint density at radius 3 is 2.56 bits per heavy atom. The van der Waals surface area contributed by atoms with Gasteiger partial charge in [0.1, 0.15) is 0 Å². The Kier molecular flexibility index (Phi) is 5.01. The molecule has 0 aliphatic carbocycles. The van der Waals surface area contributed by atoms with Crippen LogP contribution in [-0.4, -0.2) is 49.1 Å². The Morgan fingerprint density at radius 1 is 1.28 bits per heavy atom. The Hall–Kier alpha value is -0.610. The van der Waals surface area contributed by atoms with Gasteiger partial charge in [0.15, 0.2) is 0 Å². The zero-order valence-corrected chi connectivity index (χ0v) is 11.7. The summed E-state index contributed by atoms with van der Waals surface area (Å²) in [5.41, 5.74) is 0. The van der Waals surface area contributed by atoms with Crippen molar-refractivity contribution in [2.75, 3.05) is 20.1 Å². The Labute approximate surface area is 110 Å². The topological polar surface area (TPSA) is 44.4 Å². The van der Waals surface area contributed by atoms with Gasteiger partial charge < -0.3 is 15.5 Å². The van der Waals surface area contributed by atoms with Crippen LogP contribution in [0.3, 0.4) is 0 Å². The summed E-state index contributed by atoms with van der Waals surface area (Å²) in [5, 5.41) is 6.42. The number of nitrogens with one attached hydrogen (secondary N) is 2. The van der Waals surface area contributed by atoms with Crippen LogP contribution in [0, 0.1) is 0 Å². The fourth-order valence-corrected chi connectivity index (χ4v) is 3.41. The number of amides is 1. The maximum atomic E-state index is 11.8. The molecule has 0 saturated carbocycles. The standard InChI is InChI=1S/C14H27N3O/c1-3-15-8-7-14(18)16-11-9-12-5-4-6-13(10-11)17(12)2/h11-13,15H,3-10H2,1-2H3,(H,16,18). The molecule has 0 radical (unpaired) electrons. The van der Waals surface area contributed by atoms with Gasteiger partial charge in [0.05, 0.1) is 0 Å². The van der Waals surface area contributed by atoms with E-state index in [9.17, 15) is 4.79 Å². The second-order valence-corrected chi connectivity index (χ2v) is 5.74. The monoisotopic (exact) mass is 253 g/mol. The molecule has 4 nitrogen and oxygen atoms in total. The normalized spacial score (nSPS) is 32.2. The lowest BCUT2D eigenvalue weighted by Crippen LogP contribution is -2.55. The molecule has 2 rings (SSSR count). The lowest BCUT2D eigenvalue weighted by atomic mass is 9.82. The fraction of sp³-hybridized carbons (Fsp3) is 0.929. The minimum Gasteiger partial charge on any atom is -0.353 e. The van der Waals surface area contributed by atoms with Crippen LogP contribution in [0.2, 0.25) is 0 Å². The van der Waals surface area contributed by atoms with Gasteiger partial charge in [0, 0.05) is 31.1 Å². The van der Waals surface area contributed by atoms with Crippen molar-refractivity contribution in [2.45, 2.75) is 63.6 Å². The first-order valence-electron chi connectivity index (χ1n) is 7.42. The first kappa shape index (κ1) is 13.8. The molecule has 2 unspecified atom stereocenters. The summed E-state index contributed by atoms with van der Waals surface area (Å²) in [7, 11) is 2.25. The highest BCUT2D eigenvalue weighted by Crippen LogP contribution is 2.32. The van der Waals surface area contributed by atoms with E-state index in [2.05, 4.69) is 29.5 Å². The van der Waals surface area contributed by atoms with E-state index in [-0.39, 0.29) is 5.91 Å². The van der Waals surface area contributed by atoms with Gasteiger partial charge in [0.25, 0.3) is 0 Å². The van der Waals surface area contributed by atoms with E-state index in [1.165, 1.54) is 19.3 Å². The summed E-state index contributed by atoms with van der Waals surface area (Å²) in [6.07, 6.45) is 6.85. The smallest absolute Gasteiger partial charge is 0.221 e. The molecule has 2 fully saturated rings. The number of rotatable bonds is 5. The highest BCUT2D eigenvalue weighted by molar-refractivity contribution is 5.76. The summed E-state index contributed by atoms with van der Waals surface area (Å²) in [4.78, 5) is 14.4. The molecule has 104 valence electrons. The van der Waals surface area contributed by atoms with Gasteiger partial charge in [-0.2, -0.15) is 0 Å². The predicted octanol–water partition coefficient (Wildman–Crippen LogP) is 1.12. The molecule has 0 spiro atoms. The van der Waals surface area contributed by atoms with Crippen molar-refractivity contribution in [2.24, 2.45) is 0 Å². The lowest BCUT2D eigenvalue weighted by molar-refractivity contribution is -0.122. The minimum atomic E-state index is 0.212. The number of hydrogen-bond donors (Lipinski definition) is 2. The van der Waals surface area contributed by atoms with Crippen molar-refractivity contribution in [3.05, 3.63) is 0 Å². The molecular formula is C14H27N3O. The van der Waals surface area contributed by atoms with E-state index in [1.807, 2.05) is 0 Å². The van der Waals surface area contributed by atoms with E-state index in [0.29, 0.717) is 24.5 Å². The Morgan fingerprint density at radius 2 is 1.94 bits per heavy atom. The molecule has 2 atom stereocenters. The summed E-state index contributed by atoms with van der Waals surface area (Å²) in [6, 6.07) is 1.79. The molecule has 0 aromatic carbocycles. The maximum absolute atomic E-state index is 11.8. The van der Waals surface area contributed by atoms with Gasteiger partial charge in [-0.3, -0.25) is 4.79 Å². The summed E-state index contributed by atoms with van der Waals surface area (Å²) >= 11 is 0. The molecule has 1 amide bonds. The highest BCUT2D eigenvalue weighted by atomic mass is 16.1. The average molecular weight is 253 g/mol. The minimum absolute atomic E-state index is 0.212. The molecule has 4 heteroatoms. The Bertz CT molecular complexity index is 268. The lowest BCUT2D eigenvalue weighted by Gasteiger charge is -2.47. The van der Waals surface area contributed by atoms with E-state index in [4.69, 9.17) is 0 Å². The summed E-state index contributed by atoms with van der Waals surface area (Å²) in [6.45, 7) is 3.80. The number of hydrogen-bond acceptors (Lipinski definition) is 3. The predicted molar refractivity (Wildman–Crippen MR) is 73.5 cm³/mol. The SMILES string of the molecule is CCNCCC(=O)NC1CC2CCCC(C1)N2C. The van der Waals surface area contributed by atoms with Crippen molar-refractivity contribution in [1.82, 2.24) is 15.5 Å². The Balaban J connectivity index is 1.75. The van der Waals surface area contributed by atoms with Crippen LogP contribution in [0.15, 0.2) is 0 Å². The van der Waals surface area contributed by atoms with Crippen molar-refractivity contribution >= 4 is 5.91 Å². The molecule has 2 N–H and O–H groups in total. The van der Waals surface area contributed by atoms with Crippen LogP contribution in [0.25, 0.3) is 0 Å². The summed E-state index contributed by atoms with van der Waals surface area (Å²) in [5.74, 6) is 0.212. The average Bonchev–Trinajstić information content (AvgIpc) is 2.31. The molecule has 2 aliphatic heterocycles. The number of carbonyl (C=O) groups excluding carboxylic acids is 1. The van der Waals surface area contributed by atoms with Gasteiger partial charge in [-0.05, 0) is 39.3 Å². The number of nitrogens with zero attached hydrogens (tertiary/aromatic N) is 1. The van der Waals surface area contributed by atoms with E-state index in [0.717, 1.165) is 25.9 Å². The third kappa shape index (κ3) is 3.45. The molecule has 2 bridgehead atoms. The fourth-order valence-electron chi connectivity index (χ4n) is 3.41. The molecule has 0 aromatic rings. The van der Waals surface area contributed by atoms with E-state index < -0.39 is 0 Å². The van der Waals surface area contributed by atoms with Crippen LogP contribution < -0.4 is 10.6 Å². The highest BCUT2D eigenvalue weighted by Gasteiger charge is 2.36. The van der Waals surface area contributed by atoms with Crippen molar-refractivity contribution in [1.29, 1.82) is 0 Å². The van der Waals surface area contributed by atoms with E-state index >= 15 is 0 Å². The van der Waals surface area contributed by atoms with Crippen molar-refractivity contribution in [3.63, 3.8) is 0 Å². The van der Waals surface area contributed by atoms with Gasteiger partial charge in [-0.25, -0.2) is 0 Å². The van der Waals surface area contributed by atoms with Crippen LogP contribution in [0.5, 0.6) is 0 Å². The van der Waals surface area contributed by atoms with Crippen LogP contribution >= 0.6 is 0 Å². The van der Waals surface area contributed by atoms with Crippen LogP contribution in [0.4, 0.5) is 0 Å². The molecule has 0 aromatic heterocycles. The number of fused-ring (bicyclic) bond motifs is 2. The maximum Gasteiger partial charge on any atom is 0.221 e. The quantitative estimate of drug-likeness (QED) is 0.722. The van der Waals surface area contributed by atoms with Gasteiger partial charge in [-0.15, -0.1) is 0 Å². The molecule has 18 heavy (non-hydrogen) atoms. The van der Waals surface area contributed by atoms with Crippen LogP contribution in [0.1, 0.15) is 45.4 Å². The molecule has 2 heterocycles.